The third-order valence-electron chi connectivity index (χ3n) is 3.94. The molecular formula is C20H21N3OS2. The first-order valence-corrected chi connectivity index (χ1v) is 10.3. The molecule has 3 aromatic rings. The molecule has 3 rings (SSSR count). The Bertz CT molecular complexity index is 847. The van der Waals surface area contributed by atoms with Crippen LogP contribution < -0.4 is 0 Å². The Labute approximate surface area is 162 Å². The number of hydrogen-bond donors (Lipinski definition) is 0. The molecule has 0 fully saturated rings. The van der Waals surface area contributed by atoms with Crippen LogP contribution in [0.5, 0.6) is 0 Å². The number of nitrogens with zero attached hydrogens (tertiary/aromatic N) is 3. The Morgan fingerprint density at radius 3 is 2.65 bits per heavy atom. The third-order valence-corrected chi connectivity index (χ3v) is 6.15. The number of pyridine rings is 1. The first kappa shape index (κ1) is 18.6. The van der Waals surface area contributed by atoms with Crippen molar-refractivity contribution in [2.24, 2.45) is 0 Å². The molecule has 2 heterocycles. The molecule has 26 heavy (non-hydrogen) atoms. The van der Waals surface area contributed by atoms with Crippen LogP contribution in [0.15, 0.2) is 58.4 Å². The predicted molar refractivity (Wildman–Crippen MR) is 108 cm³/mol. The molecule has 134 valence electrons. The third kappa shape index (κ3) is 5.16. The Kier molecular flexibility index (Phi) is 6.41. The number of amides is 1. The Morgan fingerprint density at radius 1 is 1.19 bits per heavy atom. The highest BCUT2D eigenvalue weighted by atomic mass is 32.2. The van der Waals surface area contributed by atoms with Gasteiger partial charge in [-0.15, -0.1) is 11.3 Å². The van der Waals surface area contributed by atoms with E-state index in [1.807, 2.05) is 56.4 Å². The molecule has 6 heteroatoms. The lowest BCUT2D eigenvalue weighted by atomic mass is 10.1. The van der Waals surface area contributed by atoms with E-state index in [4.69, 9.17) is 0 Å². The molecule has 0 aliphatic carbocycles. The Balaban J connectivity index is 1.52. The summed E-state index contributed by atoms with van der Waals surface area (Å²) in [4.78, 5) is 23.1. The summed E-state index contributed by atoms with van der Waals surface area (Å²) in [6.45, 7) is 2.65. The number of aromatic nitrogens is 2. The molecular weight excluding hydrogens is 362 g/mol. The summed E-state index contributed by atoms with van der Waals surface area (Å²) >= 11 is 3.40. The number of carbonyl (C=O) groups is 1. The molecule has 0 saturated carbocycles. The number of aryl methyl sites for hydroxylation is 1. The van der Waals surface area contributed by atoms with E-state index < -0.39 is 0 Å². The van der Waals surface area contributed by atoms with Gasteiger partial charge in [-0.25, -0.2) is 4.98 Å². The number of thioether (sulfide) groups is 1. The monoisotopic (exact) mass is 383 g/mol. The number of carbonyl (C=O) groups excluding carboxylic acids is 1. The van der Waals surface area contributed by atoms with Gasteiger partial charge in [-0.3, -0.25) is 9.78 Å². The average molecular weight is 384 g/mol. The topological polar surface area (TPSA) is 46.1 Å². The molecule has 0 spiro atoms. The minimum Gasteiger partial charge on any atom is -0.341 e. The van der Waals surface area contributed by atoms with Crippen LogP contribution in [0.1, 0.15) is 27.3 Å². The summed E-state index contributed by atoms with van der Waals surface area (Å²) in [5.74, 6) is 0.896. The van der Waals surface area contributed by atoms with Gasteiger partial charge in [-0.1, -0.05) is 30.0 Å². The smallest absolute Gasteiger partial charge is 0.253 e. The zero-order chi connectivity index (χ0) is 18.4. The quantitative estimate of drug-likeness (QED) is 0.565. The van der Waals surface area contributed by atoms with Gasteiger partial charge < -0.3 is 4.90 Å². The van der Waals surface area contributed by atoms with Gasteiger partial charge in [0.05, 0.1) is 0 Å². The Hall–Kier alpha value is -2.18. The van der Waals surface area contributed by atoms with E-state index in [0.29, 0.717) is 12.1 Å². The standard InChI is InChI=1S/C20H21N3OS2/c1-15-13-25-20(22-15)26-14-16-6-8-17(9-7-16)19(24)23(2)12-10-18-5-3-4-11-21-18/h3-9,11,13H,10,12,14H2,1-2H3. The van der Waals surface area contributed by atoms with E-state index in [9.17, 15) is 4.79 Å². The van der Waals surface area contributed by atoms with Crippen LogP contribution >= 0.6 is 23.1 Å². The highest BCUT2D eigenvalue weighted by Gasteiger charge is 2.12. The summed E-state index contributed by atoms with van der Waals surface area (Å²) in [5, 5.41) is 2.06. The second kappa shape index (κ2) is 8.96. The largest absolute Gasteiger partial charge is 0.341 e. The summed E-state index contributed by atoms with van der Waals surface area (Å²) < 4.78 is 1.08. The molecule has 0 unspecified atom stereocenters. The normalized spacial score (nSPS) is 10.7. The molecule has 0 atom stereocenters. The van der Waals surface area contributed by atoms with Crippen molar-refractivity contribution in [3.8, 4) is 0 Å². The summed E-state index contributed by atoms with van der Waals surface area (Å²) in [6.07, 6.45) is 2.53. The molecule has 4 nitrogen and oxygen atoms in total. The zero-order valence-corrected chi connectivity index (χ0v) is 16.5. The maximum absolute atomic E-state index is 12.6. The van der Waals surface area contributed by atoms with Crippen LogP contribution in [0.4, 0.5) is 0 Å². The van der Waals surface area contributed by atoms with Crippen molar-refractivity contribution in [2.45, 2.75) is 23.4 Å². The van der Waals surface area contributed by atoms with Crippen molar-refractivity contribution >= 4 is 29.0 Å². The molecule has 0 bridgehead atoms. The molecule has 0 saturated heterocycles. The molecule has 0 N–H and O–H groups in total. The molecule has 1 amide bonds. The first-order chi connectivity index (χ1) is 12.6. The highest BCUT2D eigenvalue weighted by Crippen LogP contribution is 2.26. The maximum Gasteiger partial charge on any atom is 0.253 e. The second-order valence-electron chi connectivity index (χ2n) is 6.04. The predicted octanol–water partition coefficient (Wildman–Crippen LogP) is 4.45. The number of thiazole rings is 1. The molecule has 0 aliphatic heterocycles. The van der Waals surface area contributed by atoms with Gasteiger partial charge in [-0.05, 0) is 36.8 Å². The molecule has 0 aliphatic rings. The second-order valence-corrected chi connectivity index (χ2v) is 8.12. The van der Waals surface area contributed by atoms with Crippen LogP contribution in [0.25, 0.3) is 0 Å². The fraction of sp³-hybridized carbons (Fsp3) is 0.250. The number of hydrogen-bond acceptors (Lipinski definition) is 5. The van der Waals surface area contributed by atoms with Crippen molar-refractivity contribution in [1.29, 1.82) is 0 Å². The van der Waals surface area contributed by atoms with Crippen LogP contribution in [-0.2, 0) is 12.2 Å². The molecule has 0 radical (unpaired) electrons. The molecule has 2 aromatic heterocycles. The summed E-state index contributed by atoms with van der Waals surface area (Å²) in [5.41, 5.74) is 3.96. The SMILES string of the molecule is Cc1csc(SCc2ccc(C(=O)N(C)CCc3ccccn3)cc2)n1. The summed E-state index contributed by atoms with van der Waals surface area (Å²) in [6, 6.07) is 13.7. The van der Waals surface area contributed by atoms with Gasteiger partial charge in [0.1, 0.15) is 4.34 Å². The first-order valence-electron chi connectivity index (χ1n) is 8.41. The van der Waals surface area contributed by atoms with Crippen molar-refractivity contribution in [3.05, 3.63) is 76.6 Å². The van der Waals surface area contributed by atoms with Crippen LogP contribution in [0.2, 0.25) is 0 Å². The Morgan fingerprint density at radius 2 is 2.00 bits per heavy atom. The van der Waals surface area contributed by atoms with Gasteiger partial charge in [0, 0.05) is 54.3 Å². The number of rotatable bonds is 7. The fourth-order valence-corrected chi connectivity index (χ4v) is 4.24. The van der Waals surface area contributed by atoms with Crippen LogP contribution in [-0.4, -0.2) is 34.4 Å². The van der Waals surface area contributed by atoms with Crippen molar-refractivity contribution < 1.29 is 4.79 Å². The maximum atomic E-state index is 12.6. The minimum atomic E-state index is 0.0377. The van der Waals surface area contributed by atoms with E-state index in [2.05, 4.69) is 15.3 Å². The number of benzene rings is 1. The van der Waals surface area contributed by atoms with E-state index in [1.165, 1.54) is 5.56 Å². The van der Waals surface area contributed by atoms with Crippen LogP contribution in [0.3, 0.4) is 0 Å². The average Bonchev–Trinajstić information content (AvgIpc) is 3.10. The summed E-state index contributed by atoms with van der Waals surface area (Å²) in [7, 11) is 1.83. The van der Waals surface area contributed by atoms with E-state index in [0.717, 1.165) is 27.9 Å². The number of likely N-dealkylation sites (N-methyl/N-ethyl adjacent to an activating group) is 1. The molecule has 1 aromatic carbocycles. The highest BCUT2D eigenvalue weighted by molar-refractivity contribution is 8.00. The van der Waals surface area contributed by atoms with Gasteiger partial charge >= 0.3 is 0 Å². The fourth-order valence-electron chi connectivity index (χ4n) is 2.44. The lowest BCUT2D eigenvalue weighted by Gasteiger charge is -2.17. The van der Waals surface area contributed by atoms with Crippen molar-refractivity contribution in [1.82, 2.24) is 14.9 Å². The van der Waals surface area contributed by atoms with Gasteiger partial charge in [0.15, 0.2) is 0 Å². The zero-order valence-electron chi connectivity index (χ0n) is 14.9. The van der Waals surface area contributed by atoms with Gasteiger partial charge in [-0.2, -0.15) is 0 Å². The van der Waals surface area contributed by atoms with E-state index in [-0.39, 0.29) is 5.91 Å². The van der Waals surface area contributed by atoms with E-state index in [1.54, 1.807) is 34.2 Å². The van der Waals surface area contributed by atoms with Crippen LogP contribution in [0, 0.1) is 6.92 Å². The lowest BCUT2D eigenvalue weighted by Crippen LogP contribution is -2.29. The van der Waals surface area contributed by atoms with Crippen molar-refractivity contribution in [2.75, 3.05) is 13.6 Å². The van der Waals surface area contributed by atoms with Gasteiger partial charge in [0.25, 0.3) is 5.91 Å². The van der Waals surface area contributed by atoms with E-state index >= 15 is 0 Å². The van der Waals surface area contributed by atoms with Gasteiger partial charge in [0.2, 0.25) is 0 Å². The minimum absolute atomic E-state index is 0.0377. The lowest BCUT2D eigenvalue weighted by molar-refractivity contribution is 0.0796. The van der Waals surface area contributed by atoms with Crippen molar-refractivity contribution in [3.63, 3.8) is 0 Å².